The number of methoxy groups -OCH3 is 2. The average molecular weight is 389 g/mol. The van der Waals surface area contributed by atoms with Gasteiger partial charge in [0.2, 0.25) is 0 Å². The van der Waals surface area contributed by atoms with Crippen LogP contribution in [0.3, 0.4) is 0 Å². The summed E-state index contributed by atoms with van der Waals surface area (Å²) in [6.07, 6.45) is 1.78. The molecule has 27 heavy (non-hydrogen) atoms. The van der Waals surface area contributed by atoms with Gasteiger partial charge in [-0.05, 0) is 60.7 Å². The van der Waals surface area contributed by atoms with Gasteiger partial charge in [-0.2, -0.15) is 0 Å². The first-order chi connectivity index (χ1) is 13.0. The molecule has 2 aromatic rings. The number of nitrogens with one attached hydrogen (secondary N) is 1. The summed E-state index contributed by atoms with van der Waals surface area (Å²) in [6.45, 7) is 1.92. The van der Waals surface area contributed by atoms with E-state index in [9.17, 15) is 9.59 Å². The number of thiophene rings is 1. The van der Waals surface area contributed by atoms with Crippen molar-refractivity contribution in [1.82, 2.24) is 5.32 Å². The van der Waals surface area contributed by atoms with Crippen LogP contribution in [0, 0.1) is 0 Å². The van der Waals surface area contributed by atoms with E-state index in [1.165, 1.54) is 16.9 Å². The van der Waals surface area contributed by atoms with E-state index in [1.807, 2.05) is 31.2 Å². The van der Waals surface area contributed by atoms with Gasteiger partial charge in [-0.3, -0.25) is 4.79 Å². The molecule has 0 spiro atoms. The van der Waals surface area contributed by atoms with E-state index in [-0.39, 0.29) is 18.6 Å². The van der Waals surface area contributed by atoms with Crippen LogP contribution >= 0.6 is 11.3 Å². The molecule has 0 radical (unpaired) electrons. The zero-order chi connectivity index (χ0) is 19.4. The zero-order valence-electron chi connectivity index (χ0n) is 15.7. The maximum atomic E-state index is 12.4. The second-order valence-corrected chi connectivity index (χ2v) is 7.54. The van der Waals surface area contributed by atoms with Crippen molar-refractivity contribution in [3.05, 3.63) is 40.3 Å². The highest BCUT2D eigenvalue weighted by molar-refractivity contribution is 7.17. The van der Waals surface area contributed by atoms with Crippen LogP contribution in [-0.4, -0.2) is 45.4 Å². The molecule has 3 rings (SSSR count). The van der Waals surface area contributed by atoms with Crippen LogP contribution in [0.1, 0.15) is 27.7 Å². The Balaban J connectivity index is 1.66. The lowest BCUT2D eigenvalue weighted by Gasteiger charge is -2.16. The number of carbonyl (C=O) groups excluding carboxylic acids is 2. The molecule has 0 aliphatic heterocycles. The molecule has 6 nitrogen and oxygen atoms in total. The van der Waals surface area contributed by atoms with Crippen molar-refractivity contribution in [2.24, 2.45) is 0 Å². The third-order valence-electron chi connectivity index (χ3n) is 4.39. The highest BCUT2D eigenvalue weighted by atomic mass is 32.1. The van der Waals surface area contributed by atoms with Crippen molar-refractivity contribution in [3.63, 3.8) is 0 Å². The molecule has 0 bridgehead atoms. The van der Waals surface area contributed by atoms with Gasteiger partial charge in [-0.15, -0.1) is 11.3 Å². The van der Waals surface area contributed by atoms with Gasteiger partial charge in [0.1, 0.15) is 10.6 Å². The number of fused-ring (bicyclic) bond motifs is 3. The van der Waals surface area contributed by atoms with Crippen molar-refractivity contribution in [2.45, 2.75) is 25.8 Å². The predicted molar refractivity (Wildman–Crippen MR) is 103 cm³/mol. The highest BCUT2D eigenvalue weighted by Gasteiger charge is 2.23. The Kier molecular flexibility index (Phi) is 6.13. The summed E-state index contributed by atoms with van der Waals surface area (Å²) in [4.78, 5) is 25.8. The maximum absolute atomic E-state index is 12.4. The van der Waals surface area contributed by atoms with Gasteiger partial charge in [0.15, 0.2) is 6.61 Å². The van der Waals surface area contributed by atoms with Gasteiger partial charge in [0.05, 0.1) is 13.7 Å². The van der Waals surface area contributed by atoms with Gasteiger partial charge in [0.25, 0.3) is 5.91 Å². The third-order valence-corrected chi connectivity index (χ3v) is 5.58. The first-order valence-corrected chi connectivity index (χ1v) is 9.59. The second-order valence-electron chi connectivity index (χ2n) is 6.49. The van der Waals surface area contributed by atoms with Crippen molar-refractivity contribution in [1.29, 1.82) is 0 Å². The number of amides is 1. The minimum absolute atomic E-state index is 0.135. The number of ether oxygens (including phenoxy) is 3. The van der Waals surface area contributed by atoms with Gasteiger partial charge in [-0.1, -0.05) is 0 Å². The number of benzene rings is 1. The van der Waals surface area contributed by atoms with Gasteiger partial charge >= 0.3 is 5.97 Å². The molecule has 0 fully saturated rings. The van der Waals surface area contributed by atoms with E-state index in [0.29, 0.717) is 11.5 Å². The van der Waals surface area contributed by atoms with E-state index in [4.69, 9.17) is 14.2 Å². The lowest BCUT2D eigenvalue weighted by molar-refractivity contribution is -0.125. The Hall–Kier alpha value is -2.38. The summed E-state index contributed by atoms with van der Waals surface area (Å²) in [6, 6.07) is 7.74. The summed E-state index contributed by atoms with van der Waals surface area (Å²) >= 11 is 1.41. The van der Waals surface area contributed by atoms with Gasteiger partial charge in [0, 0.05) is 18.0 Å². The minimum Gasteiger partial charge on any atom is -0.497 e. The molecular weight excluding hydrogens is 366 g/mol. The molecule has 7 heteroatoms. The number of carbonyl (C=O) groups is 2. The fraction of sp³-hybridized carbons (Fsp3) is 0.400. The van der Waals surface area contributed by atoms with Crippen LogP contribution in [0.25, 0.3) is 10.4 Å². The molecule has 1 N–H and O–H groups in total. The van der Waals surface area contributed by atoms with E-state index >= 15 is 0 Å². The molecule has 0 saturated heterocycles. The number of aryl methyl sites for hydroxylation is 2. The quantitative estimate of drug-likeness (QED) is 0.737. The Bertz CT molecular complexity index is 845. The molecule has 144 valence electrons. The average Bonchev–Trinajstić information content (AvgIpc) is 3.10. The monoisotopic (exact) mass is 389 g/mol. The number of rotatable bonds is 7. The summed E-state index contributed by atoms with van der Waals surface area (Å²) in [5.41, 5.74) is 3.49. The topological polar surface area (TPSA) is 73.9 Å². The summed E-state index contributed by atoms with van der Waals surface area (Å²) in [5.74, 6) is 0.0211. The molecule has 1 aromatic carbocycles. The van der Waals surface area contributed by atoms with Gasteiger partial charge in [-0.25, -0.2) is 4.79 Å². The first-order valence-electron chi connectivity index (χ1n) is 8.77. The molecule has 1 aliphatic rings. The molecule has 1 aromatic heterocycles. The Morgan fingerprint density at radius 2 is 1.96 bits per heavy atom. The third kappa shape index (κ3) is 4.48. The van der Waals surface area contributed by atoms with Crippen molar-refractivity contribution >= 4 is 23.2 Å². The first kappa shape index (κ1) is 19.4. The number of hydrogen-bond donors (Lipinski definition) is 1. The summed E-state index contributed by atoms with van der Waals surface area (Å²) < 4.78 is 15.4. The van der Waals surface area contributed by atoms with E-state index in [2.05, 4.69) is 5.32 Å². The summed E-state index contributed by atoms with van der Waals surface area (Å²) in [5, 5.41) is 2.71. The molecule has 0 saturated carbocycles. The molecule has 1 unspecified atom stereocenters. The number of esters is 1. The lowest BCUT2D eigenvalue weighted by Crippen LogP contribution is -2.38. The standard InChI is InChI=1S/C20H23NO5S/c1-12(10-24-2)21-18(22)11-26-20(23)17-9-14-5-4-13-8-15(25-3)6-7-16(13)19(14)27-17/h6-9,12H,4-5,10-11H2,1-3H3,(H,21,22). The lowest BCUT2D eigenvalue weighted by atomic mass is 9.91. The van der Waals surface area contributed by atoms with Crippen molar-refractivity contribution in [2.75, 3.05) is 27.4 Å². The SMILES string of the molecule is COCC(C)NC(=O)COC(=O)c1cc2c(s1)-c1ccc(OC)cc1CC2. The normalized spacial score (nSPS) is 13.3. The summed E-state index contributed by atoms with van der Waals surface area (Å²) in [7, 11) is 3.22. The molecular formula is C20H23NO5S. The van der Waals surface area contributed by atoms with Crippen LogP contribution in [0.2, 0.25) is 0 Å². The Morgan fingerprint density at radius 1 is 1.19 bits per heavy atom. The zero-order valence-corrected chi connectivity index (χ0v) is 16.5. The fourth-order valence-corrected chi connectivity index (χ4v) is 4.31. The second kappa shape index (κ2) is 8.54. The van der Waals surface area contributed by atoms with Crippen LogP contribution < -0.4 is 10.1 Å². The minimum atomic E-state index is -0.473. The smallest absolute Gasteiger partial charge is 0.348 e. The van der Waals surface area contributed by atoms with Crippen LogP contribution in [0.5, 0.6) is 5.75 Å². The Labute approximate surface area is 162 Å². The predicted octanol–water partition coefficient (Wildman–Crippen LogP) is 2.83. The van der Waals surface area contributed by atoms with Crippen LogP contribution in [0.4, 0.5) is 0 Å². The van der Waals surface area contributed by atoms with E-state index in [1.54, 1.807) is 14.2 Å². The van der Waals surface area contributed by atoms with E-state index < -0.39 is 5.97 Å². The van der Waals surface area contributed by atoms with Gasteiger partial charge < -0.3 is 19.5 Å². The number of hydrogen-bond acceptors (Lipinski definition) is 6. The molecule has 1 aliphatic carbocycles. The Morgan fingerprint density at radius 3 is 2.70 bits per heavy atom. The fourth-order valence-electron chi connectivity index (χ4n) is 3.15. The maximum Gasteiger partial charge on any atom is 0.348 e. The van der Waals surface area contributed by atoms with E-state index in [0.717, 1.165) is 34.6 Å². The highest BCUT2D eigenvalue weighted by Crippen LogP contribution is 2.40. The van der Waals surface area contributed by atoms with Crippen molar-refractivity contribution < 1.29 is 23.8 Å². The van der Waals surface area contributed by atoms with Crippen LogP contribution in [-0.2, 0) is 27.1 Å². The van der Waals surface area contributed by atoms with Crippen molar-refractivity contribution in [3.8, 4) is 16.2 Å². The van der Waals surface area contributed by atoms with Crippen LogP contribution in [0.15, 0.2) is 24.3 Å². The largest absolute Gasteiger partial charge is 0.497 e. The molecule has 1 amide bonds. The molecule has 1 heterocycles. The molecule has 1 atom stereocenters.